The van der Waals surface area contributed by atoms with Gasteiger partial charge in [-0.3, -0.25) is 0 Å². The molecule has 0 aromatic carbocycles. The molecule has 0 radical (unpaired) electrons. The van der Waals surface area contributed by atoms with Gasteiger partial charge in [0.15, 0.2) is 0 Å². The molecule has 0 fully saturated rings. The van der Waals surface area contributed by atoms with E-state index in [1.165, 1.54) is 12.4 Å². The fourth-order valence-electron chi connectivity index (χ4n) is 0.597. The third kappa shape index (κ3) is 1.90. The Morgan fingerprint density at radius 1 is 1.82 bits per heavy atom. The van der Waals surface area contributed by atoms with Crippen LogP contribution in [0.5, 0.6) is 0 Å². The highest BCUT2D eigenvalue weighted by atomic mass is 127. The van der Waals surface area contributed by atoms with E-state index in [0.717, 1.165) is 4.90 Å². The molecule has 1 rings (SSSR count). The van der Waals surface area contributed by atoms with Gasteiger partial charge in [-0.05, 0) is 22.6 Å². The van der Waals surface area contributed by atoms with Crippen LogP contribution in [0.2, 0.25) is 0 Å². The minimum Gasteiger partial charge on any atom is -0.465 e. The summed E-state index contributed by atoms with van der Waals surface area (Å²) in [6, 6.07) is 0. The smallest absolute Gasteiger partial charge is 0.415 e. The molecule has 1 amide bonds. The molecule has 60 valence electrons. The monoisotopic (exact) mass is 268 g/mol. The predicted molar refractivity (Wildman–Crippen MR) is 46.5 cm³/mol. The summed E-state index contributed by atoms with van der Waals surface area (Å²) in [4.78, 5) is 14.6. The van der Waals surface area contributed by atoms with Crippen molar-refractivity contribution in [3.05, 3.63) is 9.78 Å². The molecule has 1 aliphatic heterocycles. The van der Waals surface area contributed by atoms with Crippen LogP contribution in [-0.4, -0.2) is 33.8 Å². The summed E-state index contributed by atoms with van der Waals surface area (Å²) >= 11 is 1.91. The summed E-state index contributed by atoms with van der Waals surface area (Å²) in [5.74, 6) is 0. The molecule has 1 unspecified atom stereocenters. The Hall–Kier alpha value is -0.630. The molecule has 1 atom stereocenters. The summed E-state index contributed by atoms with van der Waals surface area (Å²) in [6.45, 7) is 0. The highest BCUT2D eigenvalue weighted by Crippen LogP contribution is 2.13. The van der Waals surface area contributed by atoms with Crippen LogP contribution < -0.4 is 0 Å². The van der Waals surface area contributed by atoms with E-state index in [1.54, 1.807) is 0 Å². The number of amides is 1. The maximum atomic E-state index is 10.4. The van der Waals surface area contributed by atoms with Crippen molar-refractivity contribution in [1.82, 2.24) is 4.90 Å². The second-order valence-corrected chi connectivity index (χ2v) is 3.07. The molecule has 0 bridgehead atoms. The number of aliphatic hydroxyl groups is 1. The van der Waals surface area contributed by atoms with E-state index in [0.29, 0.717) is 3.58 Å². The molecule has 0 aromatic rings. The Kier molecular flexibility index (Phi) is 2.45. The van der Waals surface area contributed by atoms with Gasteiger partial charge < -0.3 is 10.2 Å². The van der Waals surface area contributed by atoms with Crippen LogP contribution in [0.25, 0.3) is 0 Å². The third-order valence-electron chi connectivity index (χ3n) is 1.06. The van der Waals surface area contributed by atoms with E-state index in [4.69, 9.17) is 10.2 Å². The lowest BCUT2D eigenvalue weighted by Crippen LogP contribution is -2.35. The molecule has 0 saturated heterocycles. The first-order valence-corrected chi connectivity index (χ1v) is 3.79. The standard InChI is InChI=1S/C5H5IN2O3/c6-3-1-7-4(9)8(2-3)5(10)11/h1-2,4,9H,(H,10,11). The van der Waals surface area contributed by atoms with Gasteiger partial charge in [-0.15, -0.1) is 0 Å². The maximum Gasteiger partial charge on any atom is 0.415 e. The number of hydrogen-bond acceptors (Lipinski definition) is 3. The highest BCUT2D eigenvalue weighted by Gasteiger charge is 2.20. The molecule has 0 aromatic heterocycles. The lowest BCUT2D eigenvalue weighted by atomic mass is 10.5. The van der Waals surface area contributed by atoms with Gasteiger partial charge in [-0.25, -0.2) is 14.7 Å². The molecular formula is C5H5IN2O3. The Bertz CT molecular complexity index is 238. The van der Waals surface area contributed by atoms with Crippen molar-refractivity contribution in [1.29, 1.82) is 0 Å². The number of hydrogen-bond donors (Lipinski definition) is 2. The quantitative estimate of drug-likeness (QED) is 0.632. The number of rotatable bonds is 0. The largest absolute Gasteiger partial charge is 0.465 e. The number of allylic oxidation sites excluding steroid dienone is 1. The number of carbonyl (C=O) groups is 1. The first-order chi connectivity index (χ1) is 5.11. The normalized spacial score (nSPS) is 23.3. The summed E-state index contributed by atoms with van der Waals surface area (Å²) < 4.78 is 0.662. The van der Waals surface area contributed by atoms with Gasteiger partial charge in [0.25, 0.3) is 0 Å². The Morgan fingerprint density at radius 3 is 2.91 bits per heavy atom. The van der Waals surface area contributed by atoms with Crippen molar-refractivity contribution in [3.8, 4) is 0 Å². The van der Waals surface area contributed by atoms with Crippen molar-refractivity contribution >= 4 is 34.9 Å². The number of halogens is 1. The number of aliphatic hydroxyl groups excluding tert-OH is 1. The summed E-state index contributed by atoms with van der Waals surface area (Å²) in [5, 5.41) is 17.4. The Labute approximate surface area is 76.2 Å². The molecule has 2 N–H and O–H groups in total. The molecule has 1 aliphatic rings. The topological polar surface area (TPSA) is 73.1 Å². The number of nitrogens with zero attached hydrogens (tertiary/aromatic N) is 2. The van der Waals surface area contributed by atoms with E-state index >= 15 is 0 Å². The van der Waals surface area contributed by atoms with Gasteiger partial charge in [0.05, 0.1) is 0 Å². The number of aliphatic imine (C=N–C) groups is 1. The van der Waals surface area contributed by atoms with Crippen molar-refractivity contribution in [2.24, 2.45) is 4.99 Å². The van der Waals surface area contributed by atoms with Crippen LogP contribution in [-0.2, 0) is 0 Å². The highest BCUT2D eigenvalue weighted by molar-refractivity contribution is 14.1. The molecule has 1 heterocycles. The molecule has 6 heteroatoms. The molecule has 0 aliphatic carbocycles. The zero-order valence-corrected chi connectivity index (χ0v) is 7.46. The van der Waals surface area contributed by atoms with Gasteiger partial charge in [0, 0.05) is 16.0 Å². The van der Waals surface area contributed by atoms with Crippen molar-refractivity contribution in [2.45, 2.75) is 6.35 Å². The Balaban J connectivity index is 2.81. The number of carboxylic acid groups (broad SMARTS) is 1. The van der Waals surface area contributed by atoms with Crippen LogP contribution in [0.15, 0.2) is 14.8 Å². The minimum atomic E-state index is -1.30. The van der Waals surface area contributed by atoms with Gasteiger partial charge in [0.1, 0.15) is 0 Å². The van der Waals surface area contributed by atoms with E-state index < -0.39 is 12.4 Å². The fraction of sp³-hybridized carbons (Fsp3) is 0.200. The second kappa shape index (κ2) is 3.18. The molecular weight excluding hydrogens is 263 g/mol. The lowest BCUT2D eigenvalue weighted by molar-refractivity contribution is 0.0458. The summed E-state index contributed by atoms with van der Waals surface area (Å²) in [5.41, 5.74) is 0. The van der Waals surface area contributed by atoms with Crippen LogP contribution in [0.1, 0.15) is 0 Å². The van der Waals surface area contributed by atoms with Gasteiger partial charge in [-0.2, -0.15) is 0 Å². The SMILES string of the molecule is O=C(O)N1C=C(I)C=NC1O. The van der Waals surface area contributed by atoms with E-state index in [1.807, 2.05) is 22.6 Å². The van der Waals surface area contributed by atoms with E-state index in [2.05, 4.69) is 4.99 Å². The third-order valence-corrected chi connectivity index (χ3v) is 1.62. The second-order valence-electron chi connectivity index (χ2n) is 1.83. The zero-order valence-electron chi connectivity index (χ0n) is 5.31. The lowest BCUT2D eigenvalue weighted by Gasteiger charge is -2.20. The molecule has 0 saturated carbocycles. The first-order valence-electron chi connectivity index (χ1n) is 2.71. The van der Waals surface area contributed by atoms with Gasteiger partial charge in [0.2, 0.25) is 6.35 Å². The van der Waals surface area contributed by atoms with Crippen LogP contribution in [0.3, 0.4) is 0 Å². The average Bonchev–Trinajstić information content (AvgIpc) is 1.94. The maximum absolute atomic E-state index is 10.4. The molecule has 11 heavy (non-hydrogen) atoms. The van der Waals surface area contributed by atoms with E-state index in [9.17, 15) is 4.79 Å². The van der Waals surface area contributed by atoms with Crippen molar-refractivity contribution in [2.75, 3.05) is 0 Å². The van der Waals surface area contributed by atoms with E-state index in [-0.39, 0.29) is 0 Å². The first kappa shape index (κ1) is 8.47. The van der Waals surface area contributed by atoms with Crippen LogP contribution >= 0.6 is 22.6 Å². The van der Waals surface area contributed by atoms with Crippen LogP contribution in [0, 0.1) is 0 Å². The van der Waals surface area contributed by atoms with Crippen molar-refractivity contribution < 1.29 is 15.0 Å². The molecule has 0 spiro atoms. The Morgan fingerprint density at radius 2 is 2.45 bits per heavy atom. The zero-order chi connectivity index (χ0) is 8.43. The molecule has 5 nitrogen and oxygen atoms in total. The summed E-state index contributed by atoms with van der Waals surface area (Å²) in [6.07, 6.45) is 0.195. The van der Waals surface area contributed by atoms with Gasteiger partial charge in [-0.1, -0.05) is 0 Å². The predicted octanol–water partition coefficient (Wildman–Crippen LogP) is 0.603. The minimum absolute atomic E-state index is 0.662. The summed E-state index contributed by atoms with van der Waals surface area (Å²) in [7, 11) is 0. The van der Waals surface area contributed by atoms with Crippen LogP contribution in [0.4, 0.5) is 4.79 Å². The average molecular weight is 268 g/mol. The van der Waals surface area contributed by atoms with Gasteiger partial charge >= 0.3 is 6.09 Å². The van der Waals surface area contributed by atoms with Crippen molar-refractivity contribution in [3.63, 3.8) is 0 Å². The fourth-order valence-corrected chi connectivity index (χ4v) is 1.06.